The molecule has 2 heterocycles. The lowest BCUT2D eigenvalue weighted by Crippen LogP contribution is -2.28. The van der Waals surface area contributed by atoms with Gasteiger partial charge in [-0.3, -0.25) is 14.6 Å². The number of amides is 1. The summed E-state index contributed by atoms with van der Waals surface area (Å²) in [5.74, 6) is -0.490. The molecule has 0 saturated heterocycles. The number of halogens is 3. The second kappa shape index (κ2) is 8.76. The van der Waals surface area contributed by atoms with Gasteiger partial charge in [0.15, 0.2) is 12.3 Å². The van der Waals surface area contributed by atoms with Gasteiger partial charge in [0.25, 0.3) is 5.91 Å². The van der Waals surface area contributed by atoms with E-state index in [1.54, 1.807) is 25.3 Å². The van der Waals surface area contributed by atoms with Gasteiger partial charge in [0.05, 0.1) is 6.04 Å². The Morgan fingerprint density at radius 2 is 2.00 bits per heavy atom. The molecule has 1 saturated carbocycles. The van der Waals surface area contributed by atoms with E-state index in [-0.39, 0.29) is 35.3 Å². The molecule has 7 nitrogen and oxygen atoms in total. The first-order chi connectivity index (χ1) is 14.1. The van der Waals surface area contributed by atoms with Crippen LogP contribution in [-0.2, 0) is 11.2 Å². The fraction of sp³-hybridized carbons (Fsp3) is 0.450. The van der Waals surface area contributed by atoms with Gasteiger partial charge in [-0.05, 0) is 50.5 Å². The van der Waals surface area contributed by atoms with Crippen LogP contribution in [0.5, 0.6) is 5.88 Å². The number of rotatable bonds is 8. The van der Waals surface area contributed by atoms with E-state index in [0.29, 0.717) is 5.69 Å². The number of pyridine rings is 1. The van der Waals surface area contributed by atoms with Crippen LogP contribution in [0.4, 0.5) is 13.2 Å². The lowest BCUT2D eigenvalue weighted by molar-refractivity contribution is -0.154. The number of ether oxygens (including phenoxy) is 1. The molecule has 1 unspecified atom stereocenters. The van der Waals surface area contributed by atoms with Gasteiger partial charge in [0, 0.05) is 29.8 Å². The molecule has 0 radical (unpaired) electrons. The van der Waals surface area contributed by atoms with Crippen LogP contribution in [-0.4, -0.2) is 39.7 Å². The van der Waals surface area contributed by atoms with Gasteiger partial charge in [-0.1, -0.05) is 0 Å². The van der Waals surface area contributed by atoms with Crippen LogP contribution in [0.15, 0.2) is 24.4 Å². The molecule has 0 aromatic carbocycles. The van der Waals surface area contributed by atoms with Gasteiger partial charge in [0.1, 0.15) is 5.78 Å². The maximum Gasteiger partial charge on any atom is 0.422 e. The summed E-state index contributed by atoms with van der Waals surface area (Å²) in [6.07, 6.45) is -0.767. The molecule has 2 aromatic heterocycles. The Morgan fingerprint density at radius 1 is 1.27 bits per heavy atom. The highest BCUT2D eigenvalue weighted by Crippen LogP contribution is 2.31. The van der Waals surface area contributed by atoms with Crippen LogP contribution in [0.25, 0.3) is 0 Å². The fourth-order valence-corrected chi connectivity index (χ4v) is 2.82. The van der Waals surface area contributed by atoms with Crippen molar-refractivity contribution in [2.24, 2.45) is 5.92 Å². The van der Waals surface area contributed by atoms with Crippen molar-refractivity contribution in [3.63, 3.8) is 0 Å². The van der Waals surface area contributed by atoms with Crippen LogP contribution in [0.1, 0.15) is 53.1 Å². The first-order valence-corrected chi connectivity index (χ1v) is 9.44. The summed E-state index contributed by atoms with van der Waals surface area (Å²) in [5.41, 5.74) is 1.63. The highest BCUT2D eigenvalue weighted by Gasteiger charge is 2.30. The number of aryl methyl sites for hydroxylation is 1. The molecule has 1 fully saturated rings. The van der Waals surface area contributed by atoms with Crippen LogP contribution in [0.2, 0.25) is 0 Å². The maximum absolute atomic E-state index is 12.5. The van der Waals surface area contributed by atoms with E-state index >= 15 is 0 Å². The average Bonchev–Trinajstić information content (AvgIpc) is 3.51. The van der Waals surface area contributed by atoms with Crippen molar-refractivity contribution in [1.29, 1.82) is 0 Å². The number of nitrogens with one attached hydrogen (secondary N) is 1. The molecule has 160 valence electrons. The van der Waals surface area contributed by atoms with Crippen molar-refractivity contribution >= 4 is 11.7 Å². The quantitative estimate of drug-likeness (QED) is 0.703. The van der Waals surface area contributed by atoms with Gasteiger partial charge in [0.2, 0.25) is 5.88 Å². The third-order valence-corrected chi connectivity index (χ3v) is 4.62. The Balaban J connectivity index is 1.62. The molecule has 10 heteroatoms. The van der Waals surface area contributed by atoms with E-state index in [1.165, 1.54) is 13.0 Å². The normalized spacial score (nSPS) is 14.8. The summed E-state index contributed by atoms with van der Waals surface area (Å²) >= 11 is 0. The molecule has 0 aliphatic heterocycles. The monoisotopic (exact) mass is 422 g/mol. The molecule has 1 aliphatic carbocycles. The minimum Gasteiger partial charge on any atom is -0.467 e. The van der Waals surface area contributed by atoms with Crippen molar-refractivity contribution in [1.82, 2.24) is 20.5 Å². The highest BCUT2D eigenvalue weighted by molar-refractivity contribution is 5.92. The second-order valence-corrected chi connectivity index (χ2v) is 7.31. The van der Waals surface area contributed by atoms with Crippen LogP contribution < -0.4 is 10.1 Å². The van der Waals surface area contributed by atoms with Crippen LogP contribution in [0.3, 0.4) is 0 Å². The number of Topliss-reactive ketones (excluding diaryl/α,β-unsaturated/α-hetero) is 1. The standard InChI is InChI=1S/C20H21F3N4O3/c1-11-7-16(26-27-19(11)30-10-20(21,22)23)18(29)25-12(2)14-5-6-24-15(8-14)9-17(28)13-3-4-13/h5-8,12-13H,3-4,9-10H2,1-2H3,(H,25,29). The second-order valence-electron chi connectivity index (χ2n) is 7.31. The zero-order chi connectivity index (χ0) is 21.9. The largest absolute Gasteiger partial charge is 0.467 e. The van der Waals surface area contributed by atoms with E-state index in [0.717, 1.165) is 18.4 Å². The molecule has 1 N–H and O–H groups in total. The van der Waals surface area contributed by atoms with E-state index in [2.05, 4.69) is 25.2 Å². The van der Waals surface area contributed by atoms with Gasteiger partial charge >= 0.3 is 6.18 Å². The van der Waals surface area contributed by atoms with Crippen LogP contribution >= 0.6 is 0 Å². The number of hydrogen-bond acceptors (Lipinski definition) is 6. The Hall–Kier alpha value is -3.04. The summed E-state index contributed by atoms with van der Waals surface area (Å²) in [6, 6.07) is 4.42. The van der Waals surface area contributed by atoms with Gasteiger partial charge in [-0.2, -0.15) is 13.2 Å². The summed E-state index contributed by atoms with van der Waals surface area (Å²) in [5, 5.41) is 9.99. The number of carbonyl (C=O) groups is 2. The Morgan fingerprint density at radius 3 is 2.63 bits per heavy atom. The smallest absolute Gasteiger partial charge is 0.422 e. The third-order valence-electron chi connectivity index (χ3n) is 4.62. The average molecular weight is 422 g/mol. The molecule has 3 rings (SSSR count). The number of hydrogen-bond donors (Lipinski definition) is 1. The van der Waals surface area contributed by atoms with Crippen molar-refractivity contribution < 1.29 is 27.5 Å². The maximum atomic E-state index is 12.5. The summed E-state index contributed by atoms with van der Waals surface area (Å²) in [7, 11) is 0. The van der Waals surface area contributed by atoms with E-state index in [4.69, 9.17) is 0 Å². The van der Waals surface area contributed by atoms with Gasteiger partial charge in [-0.15, -0.1) is 10.2 Å². The molecule has 1 amide bonds. The summed E-state index contributed by atoms with van der Waals surface area (Å²) < 4.78 is 41.4. The molecular weight excluding hydrogens is 401 g/mol. The van der Waals surface area contributed by atoms with E-state index < -0.39 is 24.7 Å². The Kier molecular flexibility index (Phi) is 6.33. The summed E-state index contributed by atoms with van der Waals surface area (Å²) in [4.78, 5) is 28.7. The van der Waals surface area contributed by atoms with Crippen molar-refractivity contribution in [3.05, 3.63) is 46.9 Å². The minimum atomic E-state index is -4.49. The summed E-state index contributed by atoms with van der Waals surface area (Å²) in [6.45, 7) is 1.76. The zero-order valence-electron chi connectivity index (χ0n) is 16.5. The first-order valence-electron chi connectivity index (χ1n) is 9.44. The number of aromatic nitrogens is 3. The number of ketones is 1. The highest BCUT2D eigenvalue weighted by atomic mass is 19.4. The fourth-order valence-electron chi connectivity index (χ4n) is 2.82. The van der Waals surface area contributed by atoms with E-state index in [1.807, 2.05) is 0 Å². The zero-order valence-corrected chi connectivity index (χ0v) is 16.5. The topological polar surface area (TPSA) is 94.1 Å². The Bertz CT molecular complexity index is 945. The Labute approximate surface area is 171 Å². The number of alkyl halides is 3. The number of carbonyl (C=O) groups excluding carboxylic acids is 2. The SMILES string of the molecule is Cc1cc(C(=O)NC(C)c2ccnc(CC(=O)C3CC3)c2)nnc1OCC(F)(F)F. The third kappa shape index (κ3) is 5.98. The minimum absolute atomic E-state index is 0.0445. The predicted octanol–water partition coefficient (Wildman–Crippen LogP) is 3.13. The van der Waals surface area contributed by atoms with Crippen molar-refractivity contribution in [2.75, 3.05) is 6.61 Å². The number of nitrogens with zero attached hydrogens (tertiary/aromatic N) is 3. The lowest BCUT2D eigenvalue weighted by Gasteiger charge is -2.15. The van der Waals surface area contributed by atoms with Crippen molar-refractivity contribution in [2.45, 2.75) is 45.3 Å². The molecular formula is C20H21F3N4O3. The van der Waals surface area contributed by atoms with Crippen LogP contribution in [0, 0.1) is 12.8 Å². The molecule has 1 atom stereocenters. The molecule has 0 spiro atoms. The van der Waals surface area contributed by atoms with Gasteiger partial charge < -0.3 is 10.1 Å². The van der Waals surface area contributed by atoms with Crippen molar-refractivity contribution in [3.8, 4) is 5.88 Å². The van der Waals surface area contributed by atoms with Gasteiger partial charge in [-0.25, -0.2) is 0 Å². The first kappa shape index (κ1) is 21.7. The molecule has 1 aliphatic rings. The lowest BCUT2D eigenvalue weighted by atomic mass is 10.1. The molecule has 0 bridgehead atoms. The molecule has 30 heavy (non-hydrogen) atoms. The predicted molar refractivity (Wildman–Crippen MR) is 99.9 cm³/mol. The molecule has 2 aromatic rings. The van der Waals surface area contributed by atoms with E-state index in [9.17, 15) is 22.8 Å².